The molecular weight excluding hydrogens is 282 g/mol. The fourth-order valence-electron chi connectivity index (χ4n) is 3.17. The molecule has 1 N–H and O–H groups in total. The van der Waals surface area contributed by atoms with Gasteiger partial charge in [0.1, 0.15) is 0 Å². The molecule has 2 heterocycles. The van der Waals surface area contributed by atoms with Crippen LogP contribution in [0.4, 0.5) is 0 Å². The number of morpholine rings is 1. The van der Waals surface area contributed by atoms with E-state index < -0.39 is 0 Å². The van der Waals surface area contributed by atoms with Crippen molar-refractivity contribution in [1.82, 2.24) is 15.1 Å². The van der Waals surface area contributed by atoms with Crippen molar-refractivity contribution in [2.45, 2.75) is 44.9 Å². The van der Waals surface area contributed by atoms with Crippen molar-refractivity contribution in [1.29, 1.82) is 0 Å². The SMILES string of the molecule is CO[C@H]1CN(C(C)C)C[C@@H]1NC(=O)CCCN1CCOCC1. The van der Waals surface area contributed by atoms with Gasteiger partial charge in [-0.15, -0.1) is 0 Å². The number of likely N-dealkylation sites (tertiary alicyclic amines) is 1. The Hall–Kier alpha value is -0.690. The van der Waals surface area contributed by atoms with Crippen LogP contribution in [0.1, 0.15) is 26.7 Å². The van der Waals surface area contributed by atoms with Crippen molar-refractivity contribution in [3.63, 3.8) is 0 Å². The maximum absolute atomic E-state index is 12.2. The van der Waals surface area contributed by atoms with Gasteiger partial charge in [0.15, 0.2) is 0 Å². The molecule has 2 atom stereocenters. The largest absolute Gasteiger partial charge is 0.379 e. The van der Waals surface area contributed by atoms with E-state index in [9.17, 15) is 4.79 Å². The summed E-state index contributed by atoms with van der Waals surface area (Å²) in [5, 5.41) is 3.15. The zero-order valence-corrected chi connectivity index (χ0v) is 14.2. The number of carbonyl (C=O) groups excluding carboxylic acids is 1. The van der Waals surface area contributed by atoms with E-state index in [1.807, 2.05) is 0 Å². The molecule has 2 saturated heterocycles. The molecule has 0 aromatic heterocycles. The molecular formula is C16H31N3O3. The Morgan fingerprint density at radius 1 is 1.32 bits per heavy atom. The van der Waals surface area contributed by atoms with Gasteiger partial charge < -0.3 is 14.8 Å². The van der Waals surface area contributed by atoms with Crippen LogP contribution in [0.3, 0.4) is 0 Å². The number of carbonyl (C=O) groups is 1. The van der Waals surface area contributed by atoms with Crippen molar-refractivity contribution >= 4 is 5.91 Å². The first-order chi connectivity index (χ1) is 10.6. The van der Waals surface area contributed by atoms with Crippen LogP contribution >= 0.6 is 0 Å². The van der Waals surface area contributed by atoms with Crippen LogP contribution < -0.4 is 5.32 Å². The molecule has 6 nitrogen and oxygen atoms in total. The molecule has 2 fully saturated rings. The lowest BCUT2D eigenvalue weighted by atomic mass is 10.2. The normalized spacial score (nSPS) is 27.5. The molecule has 0 radical (unpaired) electrons. The second-order valence-corrected chi connectivity index (χ2v) is 6.55. The van der Waals surface area contributed by atoms with E-state index in [0.717, 1.165) is 52.4 Å². The van der Waals surface area contributed by atoms with Gasteiger partial charge in [-0.3, -0.25) is 14.6 Å². The Morgan fingerprint density at radius 3 is 2.68 bits per heavy atom. The lowest BCUT2D eigenvalue weighted by molar-refractivity contribution is -0.122. The van der Waals surface area contributed by atoms with Crippen molar-refractivity contribution in [2.75, 3.05) is 53.0 Å². The van der Waals surface area contributed by atoms with E-state index in [2.05, 4.69) is 29.0 Å². The third kappa shape index (κ3) is 5.19. The van der Waals surface area contributed by atoms with E-state index in [1.54, 1.807) is 7.11 Å². The van der Waals surface area contributed by atoms with Crippen LogP contribution in [-0.4, -0.2) is 86.9 Å². The molecule has 2 aliphatic rings. The first-order valence-corrected chi connectivity index (χ1v) is 8.46. The number of nitrogens with one attached hydrogen (secondary N) is 1. The predicted octanol–water partition coefficient (Wildman–Crippen LogP) is 0.323. The highest BCUT2D eigenvalue weighted by atomic mass is 16.5. The van der Waals surface area contributed by atoms with Gasteiger partial charge in [0.2, 0.25) is 5.91 Å². The van der Waals surface area contributed by atoms with E-state index in [0.29, 0.717) is 12.5 Å². The van der Waals surface area contributed by atoms with Crippen LogP contribution in [0, 0.1) is 0 Å². The molecule has 0 spiro atoms. The van der Waals surface area contributed by atoms with Crippen LogP contribution in [0.5, 0.6) is 0 Å². The molecule has 0 aliphatic carbocycles. The Morgan fingerprint density at radius 2 is 2.05 bits per heavy atom. The van der Waals surface area contributed by atoms with Gasteiger partial charge in [0.25, 0.3) is 0 Å². The van der Waals surface area contributed by atoms with E-state index >= 15 is 0 Å². The fraction of sp³-hybridized carbons (Fsp3) is 0.938. The Bertz CT molecular complexity index is 346. The maximum atomic E-state index is 12.2. The lowest BCUT2D eigenvalue weighted by Crippen LogP contribution is -2.44. The van der Waals surface area contributed by atoms with Gasteiger partial charge in [-0.05, 0) is 26.8 Å². The van der Waals surface area contributed by atoms with E-state index in [4.69, 9.17) is 9.47 Å². The summed E-state index contributed by atoms with van der Waals surface area (Å²) in [6.07, 6.45) is 1.60. The quantitative estimate of drug-likeness (QED) is 0.734. The van der Waals surface area contributed by atoms with Gasteiger partial charge in [-0.1, -0.05) is 0 Å². The average Bonchev–Trinajstić information content (AvgIpc) is 2.91. The summed E-state index contributed by atoms with van der Waals surface area (Å²) in [6.45, 7) is 10.7. The summed E-state index contributed by atoms with van der Waals surface area (Å²) in [5.74, 6) is 0.144. The van der Waals surface area contributed by atoms with Crippen molar-refractivity contribution in [3.05, 3.63) is 0 Å². The molecule has 0 bridgehead atoms. The van der Waals surface area contributed by atoms with Crippen LogP contribution in [0.25, 0.3) is 0 Å². The number of ether oxygens (including phenoxy) is 2. The first kappa shape index (κ1) is 17.7. The predicted molar refractivity (Wildman–Crippen MR) is 85.9 cm³/mol. The second-order valence-electron chi connectivity index (χ2n) is 6.55. The Kier molecular flexibility index (Phi) is 7.08. The molecule has 0 saturated carbocycles. The number of hydrogen-bond donors (Lipinski definition) is 1. The monoisotopic (exact) mass is 313 g/mol. The highest BCUT2D eigenvalue weighted by Gasteiger charge is 2.34. The Labute approximate surface area is 134 Å². The zero-order chi connectivity index (χ0) is 15.9. The topological polar surface area (TPSA) is 54.0 Å². The summed E-state index contributed by atoms with van der Waals surface area (Å²) in [6, 6.07) is 0.601. The van der Waals surface area contributed by atoms with Gasteiger partial charge >= 0.3 is 0 Å². The molecule has 2 aliphatic heterocycles. The van der Waals surface area contributed by atoms with E-state index in [-0.39, 0.29) is 18.1 Å². The first-order valence-electron chi connectivity index (χ1n) is 8.46. The highest BCUT2D eigenvalue weighted by Crippen LogP contribution is 2.16. The third-order valence-electron chi connectivity index (χ3n) is 4.66. The standard InChI is InChI=1S/C16H31N3O3/c1-13(2)19-11-14(15(12-19)21-3)17-16(20)5-4-6-18-7-9-22-10-8-18/h13-15H,4-12H2,1-3H3,(H,17,20)/t14-,15-/m0/s1. The fourth-order valence-corrected chi connectivity index (χ4v) is 3.17. The summed E-state index contributed by atoms with van der Waals surface area (Å²) in [5.41, 5.74) is 0. The van der Waals surface area contributed by atoms with Crippen molar-refractivity contribution in [3.8, 4) is 0 Å². The number of methoxy groups -OCH3 is 1. The highest BCUT2D eigenvalue weighted by molar-refractivity contribution is 5.76. The van der Waals surface area contributed by atoms with Gasteiger partial charge in [0.05, 0.1) is 25.4 Å². The van der Waals surface area contributed by atoms with Gasteiger partial charge in [-0.25, -0.2) is 0 Å². The summed E-state index contributed by atoms with van der Waals surface area (Å²) >= 11 is 0. The Balaban J connectivity index is 1.67. The molecule has 0 unspecified atom stereocenters. The number of amides is 1. The summed E-state index contributed by atoms with van der Waals surface area (Å²) in [4.78, 5) is 16.9. The zero-order valence-electron chi connectivity index (χ0n) is 14.2. The van der Waals surface area contributed by atoms with Crippen LogP contribution in [-0.2, 0) is 14.3 Å². The minimum Gasteiger partial charge on any atom is -0.379 e. The number of rotatable bonds is 7. The molecule has 2 rings (SSSR count). The van der Waals surface area contributed by atoms with Crippen LogP contribution in [0.2, 0.25) is 0 Å². The minimum atomic E-state index is 0.102. The minimum absolute atomic E-state index is 0.102. The van der Waals surface area contributed by atoms with E-state index in [1.165, 1.54) is 0 Å². The van der Waals surface area contributed by atoms with Crippen molar-refractivity contribution < 1.29 is 14.3 Å². The second kappa shape index (κ2) is 8.82. The van der Waals surface area contributed by atoms with Crippen LogP contribution in [0.15, 0.2) is 0 Å². The number of nitrogens with zero attached hydrogens (tertiary/aromatic N) is 2. The van der Waals surface area contributed by atoms with Gasteiger partial charge in [0, 0.05) is 45.8 Å². The smallest absolute Gasteiger partial charge is 0.220 e. The van der Waals surface area contributed by atoms with Crippen molar-refractivity contribution in [2.24, 2.45) is 0 Å². The molecule has 22 heavy (non-hydrogen) atoms. The average molecular weight is 313 g/mol. The summed E-state index contributed by atoms with van der Waals surface area (Å²) in [7, 11) is 1.73. The molecule has 128 valence electrons. The maximum Gasteiger partial charge on any atom is 0.220 e. The molecule has 0 aromatic carbocycles. The van der Waals surface area contributed by atoms with Gasteiger partial charge in [-0.2, -0.15) is 0 Å². The summed E-state index contributed by atoms with van der Waals surface area (Å²) < 4.78 is 10.9. The lowest BCUT2D eigenvalue weighted by Gasteiger charge is -2.26. The molecule has 6 heteroatoms. The third-order valence-corrected chi connectivity index (χ3v) is 4.66. The number of hydrogen-bond acceptors (Lipinski definition) is 5. The molecule has 1 amide bonds. The molecule has 0 aromatic rings.